The van der Waals surface area contributed by atoms with E-state index in [0.29, 0.717) is 35.3 Å². The summed E-state index contributed by atoms with van der Waals surface area (Å²) in [6.45, 7) is 8.69. The first-order valence-corrected chi connectivity index (χ1v) is 12.5. The number of carbonyl (C=O) groups excluding carboxylic acids is 1. The predicted octanol–water partition coefficient (Wildman–Crippen LogP) is 5.72. The Balaban J connectivity index is 1.41. The SMILES string of the molecule is COc1ccccc1NC(=O)C1=C(C)Nc2ncnn2C1c1ccc(OCc2cc(C)c(C)cc2C)cc1. The molecule has 194 valence electrons. The van der Waals surface area contributed by atoms with E-state index >= 15 is 0 Å². The minimum atomic E-state index is -0.473. The fourth-order valence-electron chi connectivity index (χ4n) is 4.71. The fourth-order valence-corrected chi connectivity index (χ4v) is 4.71. The van der Waals surface area contributed by atoms with Crippen molar-refractivity contribution in [3.63, 3.8) is 0 Å². The molecule has 0 spiro atoms. The van der Waals surface area contributed by atoms with E-state index in [0.717, 1.165) is 16.9 Å². The van der Waals surface area contributed by atoms with Gasteiger partial charge in [0, 0.05) is 5.70 Å². The van der Waals surface area contributed by atoms with Crippen LogP contribution < -0.4 is 20.1 Å². The molecule has 0 saturated heterocycles. The van der Waals surface area contributed by atoms with Gasteiger partial charge in [0.25, 0.3) is 5.91 Å². The summed E-state index contributed by atoms with van der Waals surface area (Å²) < 4.78 is 13.2. The normalized spacial score (nSPS) is 14.5. The molecule has 1 aliphatic heterocycles. The minimum Gasteiger partial charge on any atom is -0.495 e. The molecule has 1 aromatic heterocycles. The molecule has 0 radical (unpaired) electrons. The van der Waals surface area contributed by atoms with Crippen molar-refractivity contribution < 1.29 is 14.3 Å². The number of anilines is 2. The number of aryl methyl sites for hydroxylation is 3. The number of aromatic nitrogens is 3. The zero-order chi connectivity index (χ0) is 26.8. The van der Waals surface area contributed by atoms with Gasteiger partial charge in [-0.25, -0.2) is 4.68 Å². The van der Waals surface area contributed by atoms with Crippen LogP contribution in [0.3, 0.4) is 0 Å². The Kier molecular flexibility index (Phi) is 6.87. The lowest BCUT2D eigenvalue weighted by molar-refractivity contribution is -0.113. The van der Waals surface area contributed by atoms with Crippen molar-refractivity contribution in [2.45, 2.75) is 40.3 Å². The van der Waals surface area contributed by atoms with Gasteiger partial charge in [0.1, 0.15) is 30.5 Å². The lowest BCUT2D eigenvalue weighted by atomic mass is 9.95. The monoisotopic (exact) mass is 509 g/mol. The molecule has 0 aliphatic carbocycles. The number of carbonyl (C=O) groups is 1. The highest BCUT2D eigenvalue weighted by Crippen LogP contribution is 2.36. The predicted molar refractivity (Wildman–Crippen MR) is 148 cm³/mol. The second-order valence-corrected chi connectivity index (χ2v) is 9.47. The second-order valence-electron chi connectivity index (χ2n) is 9.47. The van der Waals surface area contributed by atoms with Crippen LogP contribution in [0.4, 0.5) is 11.6 Å². The van der Waals surface area contributed by atoms with Crippen LogP contribution in [0, 0.1) is 20.8 Å². The lowest BCUT2D eigenvalue weighted by Gasteiger charge is -2.29. The van der Waals surface area contributed by atoms with Gasteiger partial charge in [0.05, 0.1) is 18.4 Å². The highest BCUT2D eigenvalue weighted by molar-refractivity contribution is 6.06. The number of amides is 1. The minimum absolute atomic E-state index is 0.254. The number of allylic oxidation sites excluding steroid dienone is 1. The Labute approximate surface area is 222 Å². The number of benzene rings is 3. The number of hydrogen-bond acceptors (Lipinski definition) is 6. The van der Waals surface area contributed by atoms with E-state index in [2.05, 4.69) is 53.6 Å². The van der Waals surface area contributed by atoms with Crippen molar-refractivity contribution in [3.05, 3.63) is 106 Å². The van der Waals surface area contributed by atoms with Crippen LogP contribution >= 0.6 is 0 Å². The van der Waals surface area contributed by atoms with Gasteiger partial charge in [-0.15, -0.1) is 0 Å². The zero-order valence-corrected chi connectivity index (χ0v) is 22.2. The maximum atomic E-state index is 13.6. The summed E-state index contributed by atoms with van der Waals surface area (Å²) in [5.74, 6) is 1.66. The molecule has 2 N–H and O–H groups in total. The molecule has 0 saturated carbocycles. The van der Waals surface area contributed by atoms with E-state index < -0.39 is 6.04 Å². The van der Waals surface area contributed by atoms with Crippen LogP contribution in [0.2, 0.25) is 0 Å². The average molecular weight is 510 g/mol. The molecule has 3 aromatic carbocycles. The topological polar surface area (TPSA) is 90.3 Å². The van der Waals surface area contributed by atoms with Crippen LogP contribution in [0.25, 0.3) is 0 Å². The average Bonchev–Trinajstić information content (AvgIpc) is 3.38. The molecule has 1 unspecified atom stereocenters. The molecule has 1 aliphatic rings. The second kappa shape index (κ2) is 10.4. The summed E-state index contributed by atoms with van der Waals surface area (Å²) in [6, 6.07) is 19.0. The Hall–Kier alpha value is -4.59. The Morgan fingerprint density at radius 1 is 1.00 bits per heavy atom. The summed E-state index contributed by atoms with van der Waals surface area (Å²) in [4.78, 5) is 17.9. The van der Waals surface area contributed by atoms with Gasteiger partial charge in [-0.05, 0) is 79.8 Å². The van der Waals surface area contributed by atoms with E-state index in [1.54, 1.807) is 17.9 Å². The Morgan fingerprint density at radius 3 is 2.50 bits per heavy atom. The quantitative estimate of drug-likeness (QED) is 0.331. The first-order chi connectivity index (χ1) is 18.4. The molecule has 5 rings (SSSR count). The number of methoxy groups -OCH3 is 1. The standard InChI is InChI=1S/C30H31N5O3/c1-18-14-20(3)23(15-19(18)2)16-38-24-12-10-22(11-13-24)28-27(21(4)33-30-31-17-32-35(28)30)29(36)34-25-8-6-7-9-26(25)37-5/h6-15,17,28H,16H2,1-5H3,(H,34,36)(H,31,32,33). The number of ether oxygens (including phenoxy) is 2. The maximum Gasteiger partial charge on any atom is 0.255 e. The van der Waals surface area contributed by atoms with Gasteiger partial charge in [0.2, 0.25) is 5.95 Å². The molecule has 8 nitrogen and oxygen atoms in total. The lowest BCUT2D eigenvalue weighted by Crippen LogP contribution is -2.31. The van der Waals surface area contributed by atoms with Gasteiger partial charge in [0.15, 0.2) is 0 Å². The summed E-state index contributed by atoms with van der Waals surface area (Å²) >= 11 is 0. The van der Waals surface area contributed by atoms with Gasteiger partial charge in [-0.1, -0.05) is 36.4 Å². The van der Waals surface area contributed by atoms with Gasteiger partial charge in [-0.2, -0.15) is 10.1 Å². The van der Waals surface area contributed by atoms with Crippen LogP contribution in [0.5, 0.6) is 11.5 Å². The highest BCUT2D eigenvalue weighted by atomic mass is 16.5. The number of nitrogens with one attached hydrogen (secondary N) is 2. The molecule has 0 fully saturated rings. The molecule has 2 heterocycles. The summed E-state index contributed by atoms with van der Waals surface area (Å²) in [7, 11) is 1.58. The van der Waals surface area contributed by atoms with Crippen molar-refractivity contribution in [2.24, 2.45) is 0 Å². The molecule has 1 atom stereocenters. The van der Waals surface area contributed by atoms with E-state index in [9.17, 15) is 4.79 Å². The number of fused-ring (bicyclic) bond motifs is 1. The van der Waals surface area contributed by atoms with Crippen molar-refractivity contribution >= 4 is 17.5 Å². The largest absolute Gasteiger partial charge is 0.495 e. The Bertz CT molecular complexity index is 1520. The molecule has 4 aromatic rings. The van der Waals surface area contributed by atoms with Crippen molar-refractivity contribution in [1.82, 2.24) is 14.8 Å². The highest BCUT2D eigenvalue weighted by Gasteiger charge is 2.33. The third kappa shape index (κ3) is 4.85. The number of rotatable bonds is 7. The number of para-hydroxylation sites is 2. The van der Waals surface area contributed by atoms with Crippen LogP contribution in [-0.2, 0) is 11.4 Å². The molecule has 8 heteroatoms. The van der Waals surface area contributed by atoms with E-state index in [1.165, 1.54) is 23.0 Å². The van der Waals surface area contributed by atoms with Gasteiger partial charge in [-0.3, -0.25) is 4.79 Å². The zero-order valence-electron chi connectivity index (χ0n) is 22.2. The summed E-state index contributed by atoms with van der Waals surface area (Å²) in [5.41, 5.74) is 7.62. The van der Waals surface area contributed by atoms with E-state index in [1.807, 2.05) is 49.4 Å². The smallest absolute Gasteiger partial charge is 0.255 e. The van der Waals surface area contributed by atoms with Crippen LogP contribution in [0.1, 0.15) is 40.8 Å². The van der Waals surface area contributed by atoms with E-state index in [-0.39, 0.29) is 5.91 Å². The Morgan fingerprint density at radius 2 is 1.74 bits per heavy atom. The summed E-state index contributed by atoms with van der Waals surface area (Å²) in [6.07, 6.45) is 1.48. The molecule has 38 heavy (non-hydrogen) atoms. The third-order valence-electron chi connectivity index (χ3n) is 6.94. The first-order valence-electron chi connectivity index (χ1n) is 12.5. The third-order valence-corrected chi connectivity index (χ3v) is 6.94. The molecular formula is C30H31N5O3. The summed E-state index contributed by atoms with van der Waals surface area (Å²) in [5, 5.41) is 10.6. The fraction of sp³-hybridized carbons (Fsp3) is 0.233. The number of nitrogens with zero attached hydrogens (tertiary/aromatic N) is 3. The van der Waals surface area contributed by atoms with Crippen LogP contribution in [0.15, 0.2) is 78.3 Å². The van der Waals surface area contributed by atoms with Gasteiger partial charge < -0.3 is 20.1 Å². The van der Waals surface area contributed by atoms with Crippen molar-refractivity contribution in [1.29, 1.82) is 0 Å². The van der Waals surface area contributed by atoms with Crippen molar-refractivity contribution in [3.8, 4) is 11.5 Å². The van der Waals surface area contributed by atoms with Crippen LogP contribution in [-0.4, -0.2) is 27.8 Å². The molecule has 0 bridgehead atoms. The first kappa shape index (κ1) is 25.1. The molecular weight excluding hydrogens is 478 g/mol. The number of hydrogen-bond donors (Lipinski definition) is 2. The van der Waals surface area contributed by atoms with E-state index in [4.69, 9.17) is 9.47 Å². The van der Waals surface area contributed by atoms with Gasteiger partial charge >= 0.3 is 0 Å². The maximum absolute atomic E-state index is 13.6. The van der Waals surface area contributed by atoms with Crippen molar-refractivity contribution in [2.75, 3.05) is 17.7 Å². The molecule has 1 amide bonds.